The first-order valence-corrected chi connectivity index (χ1v) is 6.29. The summed E-state index contributed by atoms with van der Waals surface area (Å²) < 4.78 is 8.96. The summed E-state index contributed by atoms with van der Waals surface area (Å²) in [5.41, 5.74) is 0.365. The molecule has 1 rings (SSSR count). The van der Waals surface area contributed by atoms with E-state index in [2.05, 4.69) is 14.8 Å². The van der Waals surface area contributed by atoms with Crippen LogP contribution in [0.25, 0.3) is 0 Å². The van der Waals surface area contributed by atoms with Gasteiger partial charge in [0.2, 0.25) is 0 Å². The van der Waals surface area contributed by atoms with Gasteiger partial charge in [0.1, 0.15) is 13.1 Å². The molecule has 7 nitrogen and oxygen atoms in total. The number of ether oxygens (including phenoxy) is 2. The molecule has 0 fully saturated rings. The van der Waals surface area contributed by atoms with Gasteiger partial charge in [-0.15, -0.1) is 0 Å². The number of hydrogen-bond acceptors (Lipinski definition) is 5. The first-order valence-electron chi connectivity index (χ1n) is 5.92. The molecule has 0 aliphatic rings. The summed E-state index contributed by atoms with van der Waals surface area (Å²) >= 11 is 5.92. The van der Waals surface area contributed by atoms with Crippen LogP contribution in [0.5, 0.6) is 0 Å². The largest absolute Gasteiger partial charge is 0.468 e. The van der Waals surface area contributed by atoms with Crippen LogP contribution in [-0.2, 0) is 19.1 Å². The van der Waals surface area contributed by atoms with Crippen LogP contribution in [0, 0.1) is 0 Å². The van der Waals surface area contributed by atoms with E-state index < -0.39 is 18.0 Å². The second kappa shape index (κ2) is 8.11. The molecule has 8 heteroatoms. The third-order valence-corrected chi connectivity index (χ3v) is 2.83. The third-order valence-electron chi connectivity index (χ3n) is 2.50. The highest BCUT2D eigenvalue weighted by Gasteiger charge is 2.21. The Bertz CT molecular complexity index is 517. The fourth-order valence-corrected chi connectivity index (χ4v) is 1.58. The van der Waals surface area contributed by atoms with E-state index in [0.29, 0.717) is 10.7 Å². The van der Waals surface area contributed by atoms with Crippen molar-refractivity contribution in [2.45, 2.75) is 0 Å². The normalized spacial score (nSPS) is 9.67. The number of hydrogen-bond donors (Lipinski definition) is 1. The molecule has 1 aromatic rings. The monoisotopic (exact) mass is 314 g/mol. The van der Waals surface area contributed by atoms with Crippen LogP contribution in [0.2, 0.25) is 5.02 Å². The van der Waals surface area contributed by atoms with Gasteiger partial charge >= 0.3 is 18.0 Å². The van der Waals surface area contributed by atoms with Crippen molar-refractivity contribution in [1.82, 2.24) is 4.90 Å². The highest BCUT2D eigenvalue weighted by molar-refractivity contribution is 6.33. The Balaban J connectivity index is 2.81. The minimum absolute atomic E-state index is 0.335. The second-order valence-corrected chi connectivity index (χ2v) is 4.33. The maximum absolute atomic E-state index is 12.1. The number of para-hydroxylation sites is 1. The number of amides is 2. The summed E-state index contributed by atoms with van der Waals surface area (Å²) in [4.78, 5) is 35.7. The van der Waals surface area contributed by atoms with Crippen molar-refractivity contribution in [3.8, 4) is 0 Å². The predicted molar refractivity (Wildman–Crippen MR) is 76.1 cm³/mol. The minimum atomic E-state index is -0.668. The molecule has 21 heavy (non-hydrogen) atoms. The molecule has 2 amide bonds. The number of benzene rings is 1. The Labute approximate surface area is 126 Å². The molecule has 114 valence electrons. The summed E-state index contributed by atoms with van der Waals surface area (Å²) in [6.45, 7) is -0.774. The van der Waals surface area contributed by atoms with Crippen molar-refractivity contribution >= 4 is 35.3 Å². The lowest BCUT2D eigenvalue weighted by atomic mass is 10.3. The summed E-state index contributed by atoms with van der Waals surface area (Å²) in [5, 5.41) is 2.84. The number of carbonyl (C=O) groups excluding carboxylic acids is 3. The van der Waals surface area contributed by atoms with E-state index in [-0.39, 0.29) is 13.1 Å². The quantitative estimate of drug-likeness (QED) is 0.833. The number of nitrogens with zero attached hydrogens (tertiary/aromatic N) is 1. The molecule has 0 aromatic heterocycles. The van der Waals surface area contributed by atoms with Crippen molar-refractivity contribution in [1.29, 1.82) is 0 Å². The Morgan fingerprint density at radius 2 is 1.62 bits per heavy atom. The van der Waals surface area contributed by atoms with Crippen LogP contribution >= 0.6 is 11.6 Å². The molecule has 0 saturated carbocycles. The topological polar surface area (TPSA) is 84.9 Å². The maximum Gasteiger partial charge on any atom is 0.325 e. The average molecular weight is 315 g/mol. The Kier molecular flexibility index (Phi) is 6.48. The average Bonchev–Trinajstić information content (AvgIpc) is 2.48. The van der Waals surface area contributed by atoms with Gasteiger partial charge in [-0.05, 0) is 12.1 Å². The van der Waals surface area contributed by atoms with Crippen molar-refractivity contribution in [3.05, 3.63) is 29.3 Å². The SMILES string of the molecule is COC(=O)CN(CC(=O)OC)C(=O)Nc1ccccc1Cl. The molecule has 0 aliphatic carbocycles. The van der Waals surface area contributed by atoms with E-state index in [4.69, 9.17) is 11.6 Å². The number of rotatable bonds is 5. The fraction of sp³-hybridized carbons (Fsp3) is 0.308. The van der Waals surface area contributed by atoms with Crippen LogP contribution in [-0.4, -0.2) is 50.2 Å². The number of methoxy groups -OCH3 is 2. The first-order chi connectivity index (χ1) is 9.97. The lowest BCUT2D eigenvalue weighted by Crippen LogP contribution is -2.42. The molecule has 0 unspecified atom stereocenters. The Morgan fingerprint density at radius 3 is 2.10 bits per heavy atom. The zero-order chi connectivity index (χ0) is 15.8. The van der Waals surface area contributed by atoms with Gasteiger partial charge in [0, 0.05) is 0 Å². The van der Waals surface area contributed by atoms with E-state index >= 15 is 0 Å². The van der Waals surface area contributed by atoms with Crippen molar-refractivity contribution in [3.63, 3.8) is 0 Å². The molecule has 1 aromatic carbocycles. The van der Waals surface area contributed by atoms with Crippen molar-refractivity contribution in [2.24, 2.45) is 0 Å². The van der Waals surface area contributed by atoms with Gasteiger partial charge in [-0.1, -0.05) is 23.7 Å². The van der Waals surface area contributed by atoms with Gasteiger partial charge in [-0.25, -0.2) is 4.79 Å². The predicted octanol–water partition coefficient (Wildman–Crippen LogP) is 1.52. The first kappa shape index (κ1) is 16.8. The van der Waals surface area contributed by atoms with Crippen LogP contribution < -0.4 is 5.32 Å². The van der Waals surface area contributed by atoms with Crippen molar-refractivity contribution < 1.29 is 23.9 Å². The van der Waals surface area contributed by atoms with E-state index in [1.807, 2.05) is 0 Å². The molecular weight excluding hydrogens is 300 g/mol. The zero-order valence-corrected chi connectivity index (χ0v) is 12.3. The molecule has 0 saturated heterocycles. The van der Waals surface area contributed by atoms with Crippen LogP contribution in [0.4, 0.5) is 10.5 Å². The number of halogens is 1. The van der Waals surface area contributed by atoms with Gasteiger partial charge in [0.15, 0.2) is 0 Å². The molecule has 0 heterocycles. The molecule has 0 bridgehead atoms. The smallest absolute Gasteiger partial charge is 0.325 e. The van der Waals surface area contributed by atoms with Crippen LogP contribution in [0.3, 0.4) is 0 Å². The lowest BCUT2D eigenvalue weighted by molar-refractivity contribution is -0.144. The van der Waals surface area contributed by atoms with E-state index in [9.17, 15) is 14.4 Å². The van der Waals surface area contributed by atoms with Gasteiger partial charge < -0.3 is 19.7 Å². The summed E-state index contributed by atoms with van der Waals surface area (Å²) in [6, 6.07) is 5.92. The number of nitrogens with one attached hydrogen (secondary N) is 1. The van der Waals surface area contributed by atoms with Gasteiger partial charge in [-0.2, -0.15) is 0 Å². The summed E-state index contributed by atoms with van der Waals surface area (Å²) in [5.74, 6) is -1.32. The summed E-state index contributed by atoms with van der Waals surface area (Å²) in [6.07, 6.45) is 0. The Morgan fingerprint density at radius 1 is 1.10 bits per heavy atom. The molecule has 1 N–H and O–H groups in total. The van der Waals surface area contributed by atoms with Gasteiger partial charge in [0.05, 0.1) is 24.9 Å². The molecular formula is C13H15ClN2O5. The van der Waals surface area contributed by atoms with Gasteiger partial charge in [0.25, 0.3) is 0 Å². The third kappa shape index (κ3) is 5.31. The second-order valence-electron chi connectivity index (χ2n) is 3.92. The maximum atomic E-state index is 12.1. The van der Waals surface area contributed by atoms with Crippen LogP contribution in [0.1, 0.15) is 0 Å². The number of carbonyl (C=O) groups is 3. The van der Waals surface area contributed by atoms with Gasteiger partial charge in [-0.3, -0.25) is 9.59 Å². The van der Waals surface area contributed by atoms with E-state index in [1.165, 1.54) is 14.2 Å². The number of anilines is 1. The standard InChI is InChI=1S/C13H15ClN2O5/c1-20-11(17)7-16(8-12(18)21-2)13(19)15-10-6-4-3-5-9(10)14/h3-6H,7-8H2,1-2H3,(H,15,19). The molecule has 0 atom stereocenters. The minimum Gasteiger partial charge on any atom is -0.468 e. The highest BCUT2D eigenvalue weighted by atomic mass is 35.5. The fourth-order valence-electron chi connectivity index (χ4n) is 1.40. The number of urea groups is 1. The lowest BCUT2D eigenvalue weighted by Gasteiger charge is -2.20. The zero-order valence-electron chi connectivity index (χ0n) is 11.6. The molecule has 0 spiro atoms. The van der Waals surface area contributed by atoms with E-state index in [0.717, 1.165) is 4.90 Å². The number of esters is 2. The highest BCUT2D eigenvalue weighted by Crippen LogP contribution is 2.20. The van der Waals surface area contributed by atoms with E-state index in [1.54, 1.807) is 24.3 Å². The molecule has 0 aliphatic heterocycles. The Hall–Kier alpha value is -2.28. The van der Waals surface area contributed by atoms with Crippen molar-refractivity contribution in [2.75, 3.05) is 32.6 Å². The van der Waals surface area contributed by atoms with Crippen LogP contribution in [0.15, 0.2) is 24.3 Å². The summed E-state index contributed by atoms with van der Waals surface area (Å²) in [7, 11) is 2.37. The molecule has 0 radical (unpaired) electrons.